The first kappa shape index (κ1) is 25.5. The average Bonchev–Trinajstić information content (AvgIpc) is 2.80. The molecule has 8 nitrogen and oxygen atoms in total. The second-order valence-corrected chi connectivity index (χ2v) is 7.18. The Morgan fingerprint density at radius 3 is 2.09 bits per heavy atom. The molecule has 0 aliphatic carbocycles. The largest absolute Gasteiger partial charge is 0.497 e. The number of carbonyl (C=O) groups is 3. The van der Waals surface area contributed by atoms with Crippen LogP contribution in [0.5, 0.6) is 11.5 Å². The van der Waals surface area contributed by atoms with Crippen LogP contribution in [0.4, 0.5) is 18.9 Å². The minimum Gasteiger partial charge on any atom is -0.497 e. The number of amides is 2. The van der Waals surface area contributed by atoms with Crippen molar-refractivity contribution >= 4 is 23.5 Å². The molecule has 2 N–H and O–H groups in total. The number of rotatable bonds is 9. The Morgan fingerprint density at radius 1 is 0.939 bits per heavy atom. The van der Waals surface area contributed by atoms with Crippen molar-refractivity contribution < 1.29 is 41.8 Å². The van der Waals surface area contributed by atoms with E-state index < -0.39 is 59.5 Å². The summed E-state index contributed by atoms with van der Waals surface area (Å²) in [6.07, 6.45) is 0. The zero-order valence-corrected chi connectivity index (χ0v) is 18.3. The molecule has 0 radical (unpaired) electrons. The maximum Gasteiger partial charge on any atom is 0.329 e. The number of hydrogen-bond acceptors (Lipinski definition) is 6. The lowest BCUT2D eigenvalue weighted by Crippen LogP contribution is -2.46. The molecule has 0 spiro atoms. The van der Waals surface area contributed by atoms with E-state index in [1.54, 1.807) is 19.9 Å². The van der Waals surface area contributed by atoms with Crippen molar-refractivity contribution in [1.29, 1.82) is 0 Å². The maximum atomic E-state index is 13.7. The molecule has 2 aromatic rings. The van der Waals surface area contributed by atoms with Gasteiger partial charge in [-0.3, -0.25) is 9.59 Å². The number of anilines is 1. The Hall–Kier alpha value is -3.76. The van der Waals surface area contributed by atoms with Crippen molar-refractivity contribution in [3.8, 4) is 11.5 Å². The van der Waals surface area contributed by atoms with Gasteiger partial charge in [-0.15, -0.1) is 0 Å². The Labute approximate surface area is 188 Å². The molecule has 0 aliphatic heterocycles. The fourth-order valence-electron chi connectivity index (χ4n) is 2.70. The van der Waals surface area contributed by atoms with Crippen molar-refractivity contribution in [2.75, 3.05) is 26.1 Å². The van der Waals surface area contributed by atoms with E-state index >= 15 is 0 Å². The smallest absolute Gasteiger partial charge is 0.329 e. The Balaban J connectivity index is 2.03. The maximum absolute atomic E-state index is 13.7. The summed E-state index contributed by atoms with van der Waals surface area (Å²) in [6.45, 7) is 2.45. The molecule has 0 saturated carbocycles. The number of methoxy groups -OCH3 is 2. The highest BCUT2D eigenvalue weighted by atomic mass is 19.2. The van der Waals surface area contributed by atoms with Gasteiger partial charge in [-0.1, -0.05) is 13.8 Å². The predicted octanol–water partition coefficient (Wildman–Crippen LogP) is 3.06. The molecule has 2 amide bonds. The van der Waals surface area contributed by atoms with Crippen LogP contribution >= 0.6 is 0 Å². The van der Waals surface area contributed by atoms with Crippen LogP contribution in [0.3, 0.4) is 0 Å². The minimum atomic E-state index is -1.75. The van der Waals surface area contributed by atoms with Gasteiger partial charge in [0, 0.05) is 11.6 Å². The minimum absolute atomic E-state index is 0.163. The molecular weight excluding hydrogens is 445 g/mol. The van der Waals surface area contributed by atoms with E-state index in [-0.39, 0.29) is 5.56 Å². The summed E-state index contributed by atoms with van der Waals surface area (Å²) in [7, 11) is 2.84. The highest BCUT2D eigenvalue weighted by molar-refractivity contribution is 5.98. The zero-order chi connectivity index (χ0) is 24.7. The summed E-state index contributed by atoms with van der Waals surface area (Å²) in [5, 5.41) is 4.50. The van der Waals surface area contributed by atoms with E-state index in [0.717, 1.165) is 6.07 Å². The SMILES string of the molecule is COc1cc(OC)cc(C(=O)N[C@H](C(=O)OCC(=O)Nc2ccc(F)c(F)c2F)C(C)C)c1. The second-order valence-electron chi connectivity index (χ2n) is 7.18. The number of esters is 1. The van der Waals surface area contributed by atoms with Crippen molar-refractivity contribution in [3.63, 3.8) is 0 Å². The topological polar surface area (TPSA) is 103 Å². The highest BCUT2D eigenvalue weighted by Crippen LogP contribution is 2.23. The fraction of sp³-hybridized carbons (Fsp3) is 0.318. The Morgan fingerprint density at radius 2 is 1.55 bits per heavy atom. The molecule has 178 valence electrons. The van der Waals surface area contributed by atoms with E-state index in [9.17, 15) is 27.6 Å². The fourth-order valence-corrected chi connectivity index (χ4v) is 2.70. The molecule has 0 aliphatic rings. The summed E-state index contributed by atoms with van der Waals surface area (Å²) >= 11 is 0. The first-order valence-electron chi connectivity index (χ1n) is 9.71. The third-order valence-corrected chi connectivity index (χ3v) is 4.48. The lowest BCUT2D eigenvalue weighted by atomic mass is 10.0. The molecular formula is C22H23F3N2O6. The quantitative estimate of drug-likeness (QED) is 0.433. The predicted molar refractivity (Wildman–Crippen MR) is 112 cm³/mol. The molecule has 0 heterocycles. The van der Waals surface area contributed by atoms with Crippen LogP contribution in [-0.4, -0.2) is 44.7 Å². The lowest BCUT2D eigenvalue weighted by Gasteiger charge is -2.21. The van der Waals surface area contributed by atoms with E-state index in [1.165, 1.54) is 26.4 Å². The van der Waals surface area contributed by atoms with Gasteiger partial charge in [-0.05, 0) is 30.2 Å². The molecule has 33 heavy (non-hydrogen) atoms. The van der Waals surface area contributed by atoms with E-state index in [4.69, 9.17) is 14.2 Å². The number of hydrogen-bond donors (Lipinski definition) is 2. The van der Waals surface area contributed by atoms with Crippen LogP contribution in [0, 0.1) is 23.4 Å². The number of benzene rings is 2. The summed E-state index contributed by atoms with van der Waals surface area (Å²) in [6, 6.07) is 4.81. The summed E-state index contributed by atoms with van der Waals surface area (Å²) < 4.78 is 55.1. The third-order valence-electron chi connectivity index (χ3n) is 4.48. The van der Waals surface area contributed by atoms with Crippen LogP contribution in [0.15, 0.2) is 30.3 Å². The molecule has 0 aromatic heterocycles. The number of carbonyl (C=O) groups excluding carboxylic acids is 3. The zero-order valence-electron chi connectivity index (χ0n) is 18.3. The molecule has 11 heteroatoms. The van der Waals surface area contributed by atoms with E-state index in [2.05, 4.69) is 5.32 Å². The molecule has 0 unspecified atom stereocenters. The number of ether oxygens (including phenoxy) is 3. The van der Waals surface area contributed by atoms with Crippen LogP contribution in [0.1, 0.15) is 24.2 Å². The van der Waals surface area contributed by atoms with Crippen molar-refractivity contribution in [3.05, 3.63) is 53.3 Å². The van der Waals surface area contributed by atoms with Gasteiger partial charge in [0.05, 0.1) is 19.9 Å². The first-order valence-corrected chi connectivity index (χ1v) is 9.71. The van der Waals surface area contributed by atoms with Crippen molar-refractivity contribution in [1.82, 2.24) is 5.32 Å². The van der Waals surface area contributed by atoms with Gasteiger partial charge in [0.1, 0.15) is 17.5 Å². The van der Waals surface area contributed by atoms with Gasteiger partial charge in [0.15, 0.2) is 24.1 Å². The number of nitrogens with one attached hydrogen (secondary N) is 2. The van der Waals surface area contributed by atoms with Gasteiger partial charge in [-0.25, -0.2) is 18.0 Å². The molecule has 0 fully saturated rings. The van der Waals surface area contributed by atoms with Crippen molar-refractivity contribution in [2.45, 2.75) is 19.9 Å². The first-order chi connectivity index (χ1) is 15.6. The highest BCUT2D eigenvalue weighted by Gasteiger charge is 2.27. The van der Waals surface area contributed by atoms with Crippen LogP contribution in [-0.2, 0) is 14.3 Å². The molecule has 0 saturated heterocycles. The second kappa shape index (κ2) is 11.2. The monoisotopic (exact) mass is 468 g/mol. The van der Waals surface area contributed by atoms with Gasteiger partial charge >= 0.3 is 5.97 Å². The molecule has 2 aromatic carbocycles. The lowest BCUT2D eigenvalue weighted by molar-refractivity contribution is -0.150. The van der Waals surface area contributed by atoms with Crippen molar-refractivity contribution in [2.24, 2.45) is 5.92 Å². The van der Waals surface area contributed by atoms with Gasteiger partial charge in [-0.2, -0.15) is 0 Å². The van der Waals surface area contributed by atoms with Gasteiger partial charge in [0.2, 0.25) is 0 Å². The standard InChI is InChI=1S/C22H23F3N2O6/c1-11(2)20(27-21(29)12-7-13(31-3)9-14(8-12)32-4)22(30)33-10-17(28)26-16-6-5-15(23)18(24)19(16)25/h5-9,11,20H,10H2,1-4H3,(H,26,28)(H,27,29)/t20-/m0/s1. The third kappa shape index (κ3) is 6.61. The average molecular weight is 468 g/mol. The molecule has 2 rings (SSSR count). The summed E-state index contributed by atoms with van der Waals surface area (Å²) in [5.41, 5.74) is -0.452. The van der Waals surface area contributed by atoms with Crippen LogP contribution < -0.4 is 20.1 Å². The van der Waals surface area contributed by atoms with Crippen LogP contribution in [0.2, 0.25) is 0 Å². The van der Waals surface area contributed by atoms with Gasteiger partial charge < -0.3 is 24.8 Å². The van der Waals surface area contributed by atoms with Gasteiger partial charge in [0.25, 0.3) is 11.8 Å². The molecule has 1 atom stereocenters. The summed E-state index contributed by atoms with van der Waals surface area (Å²) in [5.74, 6) is -6.96. The number of halogens is 3. The van der Waals surface area contributed by atoms with Crippen LogP contribution in [0.25, 0.3) is 0 Å². The Kier molecular flexibility index (Phi) is 8.66. The normalized spacial score (nSPS) is 11.5. The van der Waals surface area contributed by atoms with E-state index in [1.807, 2.05) is 5.32 Å². The van der Waals surface area contributed by atoms with E-state index in [0.29, 0.717) is 17.6 Å². The Bertz CT molecular complexity index is 1020. The summed E-state index contributed by atoms with van der Waals surface area (Å²) in [4.78, 5) is 37.1. The molecule has 0 bridgehead atoms.